The van der Waals surface area contributed by atoms with Crippen molar-refractivity contribution in [3.05, 3.63) is 32.5 Å². The quantitative estimate of drug-likeness (QED) is 0.633. The normalized spacial score (nSPS) is 22.1. The molecule has 1 saturated heterocycles. The molecule has 0 aromatic heterocycles. The predicted molar refractivity (Wildman–Crippen MR) is 70.1 cm³/mol. The molecule has 9 heteroatoms. The van der Waals surface area contributed by atoms with Gasteiger partial charge >= 0.3 is 5.97 Å². The third kappa shape index (κ3) is 2.59. The number of carboxylic acid groups (broad SMARTS) is 1. The van der Waals surface area contributed by atoms with Gasteiger partial charge in [0.25, 0.3) is 5.69 Å². The molecule has 0 saturated carbocycles. The smallest absolute Gasteiger partial charge is 0.326 e. The molecule has 0 spiro atoms. The number of carboxylic acids is 1. The molecule has 2 atom stereocenters. The molecule has 108 valence electrons. The number of carbonyl (C=O) groups is 1. The van der Waals surface area contributed by atoms with Gasteiger partial charge in [-0.2, -0.15) is 0 Å². The molecule has 1 heterocycles. The molecule has 2 N–H and O–H groups in total. The Balaban J connectivity index is 2.53. The van der Waals surface area contributed by atoms with Gasteiger partial charge in [0.05, 0.1) is 21.6 Å². The average molecular weight is 349 g/mol. The van der Waals surface area contributed by atoms with Gasteiger partial charge in [-0.05, 0) is 22.0 Å². The number of nitro benzene ring substituents is 1. The number of rotatable bonds is 3. The zero-order valence-corrected chi connectivity index (χ0v) is 11.6. The minimum atomic E-state index is -1.20. The Morgan fingerprint density at radius 1 is 1.55 bits per heavy atom. The minimum Gasteiger partial charge on any atom is -0.480 e. The van der Waals surface area contributed by atoms with Crippen LogP contribution in [-0.2, 0) is 4.79 Å². The summed E-state index contributed by atoms with van der Waals surface area (Å²) in [5, 5.41) is 29.7. The van der Waals surface area contributed by atoms with Crippen LogP contribution < -0.4 is 4.90 Å². The van der Waals surface area contributed by atoms with Crippen molar-refractivity contribution in [3.63, 3.8) is 0 Å². The first-order chi connectivity index (χ1) is 9.31. The fraction of sp³-hybridized carbons (Fsp3) is 0.364. The van der Waals surface area contributed by atoms with E-state index >= 15 is 0 Å². The Morgan fingerprint density at radius 2 is 2.20 bits per heavy atom. The lowest BCUT2D eigenvalue weighted by Gasteiger charge is -2.23. The van der Waals surface area contributed by atoms with Gasteiger partial charge in [0.1, 0.15) is 17.5 Å². The molecule has 1 aliphatic heterocycles. The van der Waals surface area contributed by atoms with Crippen LogP contribution in [0.4, 0.5) is 15.8 Å². The lowest BCUT2D eigenvalue weighted by atomic mass is 10.2. The van der Waals surface area contributed by atoms with Gasteiger partial charge in [0.15, 0.2) is 0 Å². The van der Waals surface area contributed by atoms with Crippen LogP contribution in [0, 0.1) is 15.9 Å². The molecule has 7 nitrogen and oxygen atoms in total. The fourth-order valence-corrected chi connectivity index (χ4v) is 2.55. The van der Waals surface area contributed by atoms with E-state index in [1.807, 2.05) is 0 Å². The van der Waals surface area contributed by atoms with E-state index in [9.17, 15) is 24.4 Å². The van der Waals surface area contributed by atoms with Crippen molar-refractivity contribution in [2.45, 2.75) is 18.6 Å². The summed E-state index contributed by atoms with van der Waals surface area (Å²) in [5.41, 5.74) is -0.571. The van der Waals surface area contributed by atoms with Crippen molar-refractivity contribution in [2.24, 2.45) is 0 Å². The van der Waals surface area contributed by atoms with E-state index in [4.69, 9.17) is 5.11 Å². The largest absolute Gasteiger partial charge is 0.480 e. The van der Waals surface area contributed by atoms with Gasteiger partial charge in [0.2, 0.25) is 0 Å². The highest BCUT2D eigenvalue weighted by Crippen LogP contribution is 2.37. The predicted octanol–water partition coefficient (Wildman–Crippen LogP) is 1.52. The molecule has 2 unspecified atom stereocenters. The van der Waals surface area contributed by atoms with Gasteiger partial charge < -0.3 is 15.1 Å². The summed E-state index contributed by atoms with van der Waals surface area (Å²) in [5.74, 6) is -2.01. The third-order valence-corrected chi connectivity index (χ3v) is 3.70. The molecule has 0 radical (unpaired) electrons. The molecule has 1 fully saturated rings. The second-order valence-corrected chi connectivity index (χ2v) is 5.26. The van der Waals surface area contributed by atoms with Crippen LogP contribution in [0.3, 0.4) is 0 Å². The number of anilines is 1. The van der Waals surface area contributed by atoms with Gasteiger partial charge in [-0.3, -0.25) is 10.1 Å². The number of aliphatic hydroxyl groups is 1. The third-order valence-electron chi connectivity index (χ3n) is 3.09. The maximum absolute atomic E-state index is 13.4. The Bertz CT molecular complexity index is 582. The van der Waals surface area contributed by atoms with Gasteiger partial charge in [-0.25, -0.2) is 9.18 Å². The lowest BCUT2D eigenvalue weighted by Crippen LogP contribution is -2.36. The van der Waals surface area contributed by atoms with E-state index < -0.39 is 34.5 Å². The molecular formula is C11H10BrFN2O5. The Morgan fingerprint density at radius 3 is 2.75 bits per heavy atom. The number of nitrogens with zero attached hydrogens (tertiary/aromatic N) is 2. The van der Waals surface area contributed by atoms with E-state index in [1.165, 1.54) is 4.90 Å². The maximum atomic E-state index is 13.4. The van der Waals surface area contributed by atoms with Crippen LogP contribution in [0.1, 0.15) is 6.42 Å². The minimum absolute atomic E-state index is 0.0105. The first kappa shape index (κ1) is 14.7. The van der Waals surface area contributed by atoms with Crippen LogP contribution in [0.15, 0.2) is 16.6 Å². The van der Waals surface area contributed by atoms with Crippen molar-refractivity contribution in [1.29, 1.82) is 0 Å². The summed E-state index contributed by atoms with van der Waals surface area (Å²) >= 11 is 2.91. The topological polar surface area (TPSA) is 104 Å². The monoisotopic (exact) mass is 348 g/mol. The first-order valence-corrected chi connectivity index (χ1v) is 6.41. The van der Waals surface area contributed by atoms with E-state index in [1.54, 1.807) is 0 Å². The van der Waals surface area contributed by atoms with Crippen LogP contribution in [-0.4, -0.2) is 39.8 Å². The molecule has 0 aliphatic carbocycles. The van der Waals surface area contributed by atoms with E-state index in [0.717, 1.165) is 12.1 Å². The molecular weight excluding hydrogens is 339 g/mol. The number of benzene rings is 1. The number of aliphatic carboxylic acids is 1. The molecule has 2 rings (SSSR count). The summed E-state index contributed by atoms with van der Waals surface area (Å²) in [6.07, 6.45) is -0.943. The van der Waals surface area contributed by atoms with Crippen molar-refractivity contribution in [1.82, 2.24) is 0 Å². The number of hydrogen-bond acceptors (Lipinski definition) is 5. The fourth-order valence-electron chi connectivity index (χ4n) is 2.22. The van der Waals surface area contributed by atoms with Crippen molar-refractivity contribution >= 4 is 33.3 Å². The van der Waals surface area contributed by atoms with Crippen LogP contribution >= 0.6 is 15.9 Å². The van der Waals surface area contributed by atoms with Crippen molar-refractivity contribution in [2.75, 3.05) is 11.4 Å². The Kier molecular flexibility index (Phi) is 3.91. The second-order valence-electron chi connectivity index (χ2n) is 4.41. The number of hydrogen-bond donors (Lipinski definition) is 2. The SMILES string of the molecule is O=C(O)C1CC(O)CN1c1cc(Br)c(F)cc1[N+](=O)[O-]. The van der Waals surface area contributed by atoms with Gasteiger partial charge in [-0.15, -0.1) is 0 Å². The van der Waals surface area contributed by atoms with Gasteiger partial charge in [0, 0.05) is 13.0 Å². The first-order valence-electron chi connectivity index (χ1n) is 5.62. The molecule has 20 heavy (non-hydrogen) atoms. The number of nitro groups is 1. The van der Waals surface area contributed by atoms with Crippen molar-refractivity contribution < 1.29 is 24.3 Å². The summed E-state index contributed by atoms with van der Waals surface area (Å²) < 4.78 is 13.4. The van der Waals surface area contributed by atoms with E-state index in [2.05, 4.69) is 15.9 Å². The highest BCUT2D eigenvalue weighted by atomic mass is 79.9. The molecule has 1 aromatic carbocycles. The number of β-amino-alcohol motifs (C(OH)–C–C–N with tert-alkyl or cyclic N) is 1. The summed E-state index contributed by atoms with van der Waals surface area (Å²) in [7, 11) is 0. The average Bonchev–Trinajstić information content (AvgIpc) is 2.74. The van der Waals surface area contributed by atoms with Crippen LogP contribution in [0.2, 0.25) is 0 Å². The molecule has 0 amide bonds. The number of aliphatic hydroxyl groups excluding tert-OH is 1. The zero-order valence-electron chi connectivity index (χ0n) is 9.99. The van der Waals surface area contributed by atoms with Crippen LogP contribution in [0.25, 0.3) is 0 Å². The van der Waals surface area contributed by atoms with E-state index in [0.29, 0.717) is 0 Å². The summed E-state index contributed by atoms with van der Waals surface area (Å²) in [4.78, 5) is 22.6. The van der Waals surface area contributed by atoms with Crippen LogP contribution in [0.5, 0.6) is 0 Å². The summed E-state index contributed by atoms with van der Waals surface area (Å²) in [6, 6.07) is 0.797. The highest BCUT2D eigenvalue weighted by Gasteiger charge is 2.39. The Labute approximate surface area is 120 Å². The molecule has 1 aromatic rings. The Hall–Kier alpha value is -1.74. The van der Waals surface area contributed by atoms with E-state index in [-0.39, 0.29) is 23.1 Å². The zero-order chi connectivity index (χ0) is 15.0. The maximum Gasteiger partial charge on any atom is 0.326 e. The lowest BCUT2D eigenvalue weighted by molar-refractivity contribution is -0.384. The summed E-state index contributed by atoms with van der Waals surface area (Å²) in [6.45, 7) is -0.0596. The van der Waals surface area contributed by atoms with Gasteiger partial charge in [-0.1, -0.05) is 0 Å². The number of halogens is 2. The standard InChI is InChI=1S/C11H10BrFN2O5/c12-6-2-8(9(15(19)20)3-7(6)13)14-4-5(16)1-10(14)11(17)18/h2-3,5,10,16H,1,4H2,(H,17,18). The second kappa shape index (κ2) is 5.33. The van der Waals surface area contributed by atoms with Crippen molar-refractivity contribution in [3.8, 4) is 0 Å². The highest BCUT2D eigenvalue weighted by molar-refractivity contribution is 9.10. The molecule has 0 bridgehead atoms. The molecule has 1 aliphatic rings.